The summed E-state index contributed by atoms with van der Waals surface area (Å²) in [6.45, 7) is 26.3. The Balaban J connectivity index is 0.000000276. The van der Waals surface area contributed by atoms with Gasteiger partial charge < -0.3 is 48.2 Å². The fraction of sp³-hybridized carbons (Fsp3) is 0.825. The number of esters is 2. The molecule has 0 aromatic rings. The predicted octanol–water partition coefficient (Wildman–Crippen LogP) is 4.19. The molecule has 2 atom stereocenters. The monoisotopic (exact) mass is 824 g/mol. The highest BCUT2D eigenvalue weighted by molar-refractivity contribution is 6.05. The van der Waals surface area contributed by atoms with Gasteiger partial charge in [0.1, 0.15) is 17.2 Å². The molecule has 0 saturated carbocycles. The van der Waals surface area contributed by atoms with Gasteiger partial charge in [-0.1, -0.05) is 0 Å². The van der Waals surface area contributed by atoms with Gasteiger partial charge in [-0.25, -0.2) is 19.2 Å². The maximum Gasteiger partial charge on any atom is 0.410 e. The van der Waals surface area contributed by atoms with Crippen LogP contribution in [-0.2, 0) is 38.1 Å². The molecule has 58 heavy (non-hydrogen) atoms. The van der Waals surface area contributed by atoms with Crippen molar-refractivity contribution in [1.82, 2.24) is 29.4 Å². The molecule has 5 aliphatic heterocycles. The first-order chi connectivity index (χ1) is 26.8. The third-order valence-electron chi connectivity index (χ3n) is 9.76. The first-order valence-corrected chi connectivity index (χ1v) is 20.4. The molecule has 0 bridgehead atoms. The van der Waals surface area contributed by atoms with E-state index in [0.29, 0.717) is 45.9 Å². The number of hydrogen-bond acceptors (Lipinski definition) is 12. The second-order valence-corrected chi connectivity index (χ2v) is 18.3. The molecule has 0 spiro atoms. The van der Waals surface area contributed by atoms with E-state index in [9.17, 15) is 33.6 Å². The molecule has 0 aromatic carbocycles. The van der Waals surface area contributed by atoms with Gasteiger partial charge in [-0.3, -0.25) is 19.3 Å². The van der Waals surface area contributed by atoms with Gasteiger partial charge in [0.15, 0.2) is 0 Å². The first kappa shape index (κ1) is 48.0. The molecule has 5 heterocycles. The van der Waals surface area contributed by atoms with Crippen molar-refractivity contribution in [3.05, 3.63) is 0 Å². The molecule has 0 radical (unpaired) electrons. The minimum atomic E-state index is -1.01. The minimum Gasteiger partial charge on any atom is -0.466 e. The molecule has 0 unspecified atom stereocenters. The molecule has 5 saturated heterocycles. The van der Waals surface area contributed by atoms with Gasteiger partial charge >= 0.3 is 36.2 Å². The van der Waals surface area contributed by atoms with Gasteiger partial charge in [-0.05, 0) is 95.9 Å². The Morgan fingerprint density at radius 1 is 0.621 bits per heavy atom. The summed E-state index contributed by atoms with van der Waals surface area (Å²) in [4.78, 5) is 96.0. The van der Waals surface area contributed by atoms with E-state index in [1.165, 1.54) is 22.6 Å². The smallest absolute Gasteiger partial charge is 0.410 e. The zero-order valence-electron chi connectivity index (χ0n) is 36.8. The quantitative estimate of drug-likeness (QED) is 0.194. The van der Waals surface area contributed by atoms with Crippen LogP contribution in [0.4, 0.5) is 19.2 Å². The third-order valence-corrected chi connectivity index (χ3v) is 9.76. The Morgan fingerprint density at radius 2 is 1.09 bits per heavy atom. The van der Waals surface area contributed by atoms with E-state index >= 15 is 0 Å². The lowest BCUT2D eigenvalue weighted by molar-refractivity contribution is -0.155. The Kier molecular flexibility index (Phi) is 16.2. The Hall–Kier alpha value is -4.35. The highest BCUT2D eigenvalue weighted by Gasteiger charge is 2.51. The first-order valence-electron chi connectivity index (χ1n) is 20.4. The molecule has 5 fully saturated rings. The van der Waals surface area contributed by atoms with E-state index in [2.05, 4.69) is 0 Å². The number of nitrogens with zero attached hydrogens (tertiary/aromatic N) is 6. The van der Waals surface area contributed by atoms with E-state index in [0.717, 1.165) is 18.1 Å². The zero-order chi connectivity index (χ0) is 43.8. The number of amides is 7. The topological polar surface area (TPSA) is 185 Å². The van der Waals surface area contributed by atoms with Gasteiger partial charge in [0.2, 0.25) is 0 Å². The van der Waals surface area contributed by atoms with Gasteiger partial charge in [0.25, 0.3) is 5.91 Å². The molecule has 5 aliphatic rings. The molecular formula is C40H68N6O12. The standard InChI is InChI=1S/C18H29N3O6.C18H31N3O5.C4H8O/c1-7-26-14(23)18(5,6)11-21-13(22)12-10-19(8-9-20(12)15(21)24)16(25)27-17(2,3)4;1-7-25-14(22)18(5,6)12-20-11-13-10-19(8-9-21(13)15(20)23)16(24)26-17(2,3)4;1-2-4-5-3-1/h12H,7-11H2,1-6H3;13H,7-12H2,1-6H3;1-4H2/t12-;13-;/m00./s1. The number of ether oxygens (including phenoxy) is 5. The molecule has 0 aliphatic carbocycles. The van der Waals surface area contributed by atoms with Crippen LogP contribution in [0.25, 0.3) is 0 Å². The fourth-order valence-electron chi connectivity index (χ4n) is 6.86. The molecule has 5 rings (SSSR count). The largest absolute Gasteiger partial charge is 0.466 e. The molecular weight excluding hydrogens is 756 g/mol. The number of imide groups is 1. The maximum absolute atomic E-state index is 12.8. The summed E-state index contributed by atoms with van der Waals surface area (Å²) in [6.07, 6.45) is 1.70. The van der Waals surface area contributed by atoms with Crippen molar-refractivity contribution < 1.29 is 57.2 Å². The van der Waals surface area contributed by atoms with Crippen LogP contribution in [0.3, 0.4) is 0 Å². The number of carbonyl (C=O) groups is 7. The highest BCUT2D eigenvalue weighted by Crippen LogP contribution is 2.29. The van der Waals surface area contributed by atoms with Crippen molar-refractivity contribution in [2.75, 3.05) is 85.3 Å². The van der Waals surface area contributed by atoms with Crippen LogP contribution in [0, 0.1) is 10.8 Å². The lowest BCUT2D eigenvalue weighted by atomic mass is 9.93. The molecule has 18 nitrogen and oxygen atoms in total. The van der Waals surface area contributed by atoms with E-state index in [-0.39, 0.29) is 50.4 Å². The predicted molar refractivity (Wildman–Crippen MR) is 212 cm³/mol. The third kappa shape index (κ3) is 13.1. The van der Waals surface area contributed by atoms with Crippen LogP contribution < -0.4 is 0 Å². The number of carbonyl (C=O) groups excluding carboxylic acids is 7. The lowest BCUT2D eigenvalue weighted by Crippen LogP contribution is -2.55. The number of fused-ring (bicyclic) bond motifs is 2. The number of urea groups is 2. The van der Waals surface area contributed by atoms with Crippen LogP contribution in [-0.4, -0.2) is 180 Å². The van der Waals surface area contributed by atoms with E-state index in [1.54, 1.807) is 77.0 Å². The van der Waals surface area contributed by atoms with Gasteiger partial charge in [0, 0.05) is 65.6 Å². The van der Waals surface area contributed by atoms with E-state index in [1.807, 2.05) is 20.8 Å². The normalized spacial score (nSPS) is 21.1. The van der Waals surface area contributed by atoms with Crippen molar-refractivity contribution >= 4 is 42.1 Å². The number of rotatable bonds is 8. The Morgan fingerprint density at radius 3 is 1.53 bits per heavy atom. The number of piperazine rings is 2. The summed E-state index contributed by atoms with van der Waals surface area (Å²) in [6, 6.07) is -1.36. The average Bonchev–Trinajstić information content (AvgIpc) is 3.85. The summed E-state index contributed by atoms with van der Waals surface area (Å²) >= 11 is 0. The van der Waals surface area contributed by atoms with Crippen LogP contribution in [0.15, 0.2) is 0 Å². The summed E-state index contributed by atoms with van der Waals surface area (Å²) in [7, 11) is 0. The average molecular weight is 825 g/mol. The Bertz CT molecular complexity index is 1490. The van der Waals surface area contributed by atoms with Crippen LogP contribution in [0.2, 0.25) is 0 Å². The zero-order valence-corrected chi connectivity index (χ0v) is 36.8. The second kappa shape index (κ2) is 19.6. The van der Waals surface area contributed by atoms with Crippen molar-refractivity contribution in [2.45, 2.75) is 119 Å². The molecule has 0 aromatic heterocycles. The highest BCUT2D eigenvalue weighted by atomic mass is 16.6. The fourth-order valence-corrected chi connectivity index (χ4v) is 6.86. The summed E-state index contributed by atoms with van der Waals surface area (Å²) in [5, 5.41) is 0. The van der Waals surface area contributed by atoms with E-state index in [4.69, 9.17) is 23.7 Å². The molecule has 18 heteroatoms. The van der Waals surface area contributed by atoms with Crippen molar-refractivity contribution in [1.29, 1.82) is 0 Å². The second-order valence-electron chi connectivity index (χ2n) is 18.3. The maximum atomic E-state index is 12.8. The van der Waals surface area contributed by atoms with Crippen molar-refractivity contribution in [2.24, 2.45) is 10.8 Å². The van der Waals surface area contributed by atoms with Crippen LogP contribution >= 0.6 is 0 Å². The lowest BCUT2D eigenvalue weighted by Gasteiger charge is -2.37. The molecule has 0 N–H and O–H groups in total. The van der Waals surface area contributed by atoms with Gasteiger partial charge in [-0.2, -0.15) is 0 Å². The summed E-state index contributed by atoms with van der Waals surface area (Å²) in [5.41, 5.74) is -2.97. The Labute approximate surface area is 343 Å². The van der Waals surface area contributed by atoms with Gasteiger partial charge in [0.05, 0.1) is 36.6 Å². The van der Waals surface area contributed by atoms with Crippen LogP contribution in [0.1, 0.15) is 95.9 Å². The van der Waals surface area contributed by atoms with Crippen molar-refractivity contribution in [3.63, 3.8) is 0 Å². The minimum absolute atomic E-state index is 0.0665. The molecule has 330 valence electrons. The van der Waals surface area contributed by atoms with E-state index < -0.39 is 52.1 Å². The molecule has 7 amide bonds. The summed E-state index contributed by atoms with van der Waals surface area (Å²) < 4.78 is 25.9. The summed E-state index contributed by atoms with van der Waals surface area (Å²) in [5.74, 6) is -1.19. The van der Waals surface area contributed by atoms with Gasteiger partial charge in [-0.15, -0.1) is 0 Å². The number of hydrogen-bond donors (Lipinski definition) is 0. The van der Waals surface area contributed by atoms with Crippen molar-refractivity contribution in [3.8, 4) is 0 Å². The SMILES string of the molecule is C1CCOC1.CCOC(=O)C(C)(C)CN1C(=O)[C@@H]2CN(C(=O)OC(C)(C)C)CCN2C1=O.CCOC(=O)C(C)(C)CN1C[C@@H]2CN(C(=O)OC(C)(C)C)CCN2C1=O. The van der Waals surface area contributed by atoms with Crippen LogP contribution in [0.5, 0.6) is 0 Å².